The van der Waals surface area contributed by atoms with Gasteiger partial charge in [0.15, 0.2) is 0 Å². The van der Waals surface area contributed by atoms with Crippen molar-refractivity contribution in [3.63, 3.8) is 0 Å². The first-order valence-corrected chi connectivity index (χ1v) is 6.48. The largest absolute Gasteiger partial charge is 0.393 e. The molecule has 0 radical (unpaired) electrons. The number of carbonyl (C=O) groups excluding carboxylic acids is 1. The molecule has 0 aliphatic carbocycles. The molecular formula is C12H22N2O3. The SMILES string of the molecule is CC(O)C1CCCN(C(=O)NC2CCOC2)C1. The van der Waals surface area contributed by atoms with E-state index in [1.165, 1.54) is 0 Å². The molecule has 2 saturated heterocycles. The van der Waals surface area contributed by atoms with E-state index in [-0.39, 0.29) is 24.1 Å². The zero-order valence-corrected chi connectivity index (χ0v) is 10.4. The van der Waals surface area contributed by atoms with E-state index in [9.17, 15) is 9.90 Å². The topological polar surface area (TPSA) is 61.8 Å². The first-order chi connectivity index (χ1) is 8.16. The normalized spacial score (nSPS) is 31.3. The summed E-state index contributed by atoms with van der Waals surface area (Å²) in [7, 11) is 0. The van der Waals surface area contributed by atoms with Gasteiger partial charge in [-0.25, -0.2) is 4.79 Å². The molecule has 5 heteroatoms. The van der Waals surface area contributed by atoms with Crippen LogP contribution >= 0.6 is 0 Å². The molecule has 2 amide bonds. The number of hydrogen-bond donors (Lipinski definition) is 2. The van der Waals surface area contributed by atoms with Gasteiger partial charge >= 0.3 is 6.03 Å². The van der Waals surface area contributed by atoms with E-state index in [1.54, 1.807) is 6.92 Å². The van der Waals surface area contributed by atoms with Crippen molar-refractivity contribution in [2.75, 3.05) is 26.3 Å². The molecule has 0 aromatic carbocycles. The molecule has 2 aliphatic rings. The lowest BCUT2D eigenvalue weighted by molar-refractivity contribution is 0.0731. The molecule has 2 fully saturated rings. The fraction of sp³-hybridized carbons (Fsp3) is 0.917. The summed E-state index contributed by atoms with van der Waals surface area (Å²) in [5.74, 6) is 0.217. The second-order valence-corrected chi connectivity index (χ2v) is 5.10. The number of amides is 2. The number of likely N-dealkylation sites (tertiary alicyclic amines) is 1. The summed E-state index contributed by atoms with van der Waals surface area (Å²) in [5, 5.41) is 12.6. The number of urea groups is 1. The molecule has 2 N–H and O–H groups in total. The number of piperidine rings is 1. The van der Waals surface area contributed by atoms with Crippen molar-refractivity contribution in [3.05, 3.63) is 0 Å². The predicted octanol–water partition coefficient (Wildman–Crippen LogP) is 0.578. The van der Waals surface area contributed by atoms with Crippen LogP contribution in [0.3, 0.4) is 0 Å². The highest BCUT2D eigenvalue weighted by molar-refractivity contribution is 5.74. The Morgan fingerprint density at radius 1 is 1.53 bits per heavy atom. The van der Waals surface area contributed by atoms with Crippen molar-refractivity contribution < 1.29 is 14.6 Å². The Morgan fingerprint density at radius 3 is 3.00 bits per heavy atom. The Labute approximate surface area is 102 Å². The van der Waals surface area contributed by atoms with Gasteiger partial charge in [-0.15, -0.1) is 0 Å². The van der Waals surface area contributed by atoms with Crippen LogP contribution in [-0.4, -0.2) is 54.5 Å². The summed E-state index contributed by atoms with van der Waals surface area (Å²) in [4.78, 5) is 13.8. The molecule has 3 unspecified atom stereocenters. The summed E-state index contributed by atoms with van der Waals surface area (Å²) in [5.41, 5.74) is 0. The molecule has 5 nitrogen and oxygen atoms in total. The highest BCUT2D eigenvalue weighted by Crippen LogP contribution is 2.19. The van der Waals surface area contributed by atoms with Crippen LogP contribution in [0, 0.1) is 5.92 Å². The van der Waals surface area contributed by atoms with Crippen LogP contribution in [0.15, 0.2) is 0 Å². The van der Waals surface area contributed by atoms with Gasteiger partial charge in [0.1, 0.15) is 0 Å². The van der Waals surface area contributed by atoms with Gasteiger partial charge in [0, 0.05) is 25.6 Å². The van der Waals surface area contributed by atoms with E-state index < -0.39 is 0 Å². The number of nitrogens with zero attached hydrogens (tertiary/aromatic N) is 1. The Morgan fingerprint density at radius 2 is 2.35 bits per heavy atom. The van der Waals surface area contributed by atoms with E-state index in [0.29, 0.717) is 13.2 Å². The number of aliphatic hydroxyl groups excluding tert-OH is 1. The van der Waals surface area contributed by atoms with E-state index in [1.807, 2.05) is 4.90 Å². The van der Waals surface area contributed by atoms with E-state index >= 15 is 0 Å². The Kier molecular flexibility index (Phi) is 4.23. The Balaban J connectivity index is 1.81. The van der Waals surface area contributed by atoms with Crippen LogP contribution in [0.1, 0.15) is 26.2 Å². The third-order valence-electron chi connectivity index (χ3n) is 3.68. The van der Waals surface area contributed by atoms with Gasteiger partial charge in [0.2, 0.25) is 0 Å². The first-order valence-electron chi connectivity index (χ1n) is 6.48. The Bertz CT molecular complexity index is 264. The van der Waals surface area contributed by atoms with Gasteiger partial charge in [-0.2, -0.15) is 0 Å². The minimum Gasteiger partial charge on any atom is -0.393 e. The molecule has 3 atom stereocenters. The second kappa shape index (κ2) is 5.69. The molecule has 17 heavy (non-hydrogen) atoms. The number of carbonyl (C=O) groups is 1. The quantitative estimate of drug-likeness (QED) is 0.744. The summed E-state index contributed by atoms with van der Waals surface area (Å²) < 4.78 is 5.23. The van der Waals surface area contributed by atoms with Crippen molar-refractivity contribution in [1.82, 2.24) is 10.2 Å². The molecule has 98 valence electrons. The van der Waals surface area contributed by atoms with Crippen LogP contribution in [0.25, 0.3) is 0 Å². The minimum atomic E-state index is -0.333. The first kappa shape index (κ1) is 12.6. The fourth-order valence-corrected chi connectivity index (χ4v) is 2.50. The number of ether oxygens (including phenoxy) is 1. The third kappa shape index (κ3) is 3.33. The van der Waals surface area contributed by atoms with E-state index in [4.69, 9.17) is 4.74 Å². The molecule has 0 aromatic heterocycles. The standard InChI is InChI=1S/C12H22N2O3/c1-9(15)10-3-2-5-14(7-10)12(16)13-11-4-6-17-8-11/h9-11,15H,2-8H2,1H3,(H,13,16). The van der Waals surface area contributed by atoms with Gasteiger partial charge in [-0.05, 0) is 26.2 Å². The van der Waals surface area contributed by atoms with E-state index in [0.717, 1.165) is 32.4 Å². The predicted molar refractivity (Wildman–Crippen MR) is 63.7 cm³/mol. The summed E-state index contributed by atoms with van der Waals surface area (Å²) in [6, 6.07) is 0.153. The molecule has 0 aromatic rings. The van der Waals surface area contributed by atoms with Gasteiger partial charge in [-0.1, -0.05) is 0 Å². The molecule has 2 aliphatic heterocycles. The molecule has 2 rings (SSSR count). The smallest absolute Gasteiger partial charge is 0.317 e. The zero-order valence-electron chi connectivity index (χ0n) is 10.4. The van der Waals surface area contributed by atoms with Crippen LogP contribution in [0.5, 0.6) is 0 Å². The van der Waals surface area contributed by atoms with Gasteiger partial charge in [0.25, 0.3) is 0 Å². The lowest BCUT2D eigenvalue weighted by Gasteiger charge is -2.34. The third-order valence-corrected chi connectivity index (χ3v) is 3.68. The average molecular weight is 242 g/mol. The van der Waals surface area contributed by atoms with Crippen LogP contribution in [0.4, 0.5) is 4.79 Å². The van der Waals surface area contributed by atoms with Crippen LogP contribution < -0.4 is 5.32 Å². The maximum atomic E-state index is 12.0. The zero-order chi connectivity index (χ0) is 12.3. The van der Waals surface area contributed by atoms with Crippen LogP contribution in [0.2, 0.25) is 0 Å². The molecule has 2 heterocycles. The number of nitrogens with one attached hydrogen (secondary N) is 1. The Hall–Kier alpha value is -0.810. The van der Waals surface area contributed by atoms with Crippen molar-refractivity contribution >= 4 is 6.03 Å². The van der Waals surface area contributed by atoms with Gasteiger partial charge in [-0.3, -0.25) is 0 Å². The maximum Gasteiger partial charge on any atom is 0.317 e. The highest BCUT2D eigenvalue weighted by atomic mass is 16.5. The lowest BCUT2D eigenvalue weighted by atomic mass is 9.94. The van der Waals surface area contributed by atoms with Crippen molar-refractivity contribution in [2.45, 2.75) is 38.3 Å². The van der Waals surface area contributed by atoms with Crippen LogP contribution in [-0.2, 0) is 4.74 Å². The molecule has 0 spiro atoms. The highest BCUT2D eigenvalue weighted by Gasteiger charge is 2.28. The summed E-state index contributed by atoms with van der Waals surface area (Å²) >= 11 is 0. The van der Waals surface area contributed by atoms with Gasteiger partial charge in [0.05, 0.1) is 18.8 Å². The number of aliphatic hydroxyl groups is 1. The maximum absolute atomic E-state index is 12.0. The van der Waals surface area contributed by atoms with E-state index in [2.05, 4.69) is 5.32 Å². The summed E-state index contributed by atoms with van der Waals surface area (Å²) in [6.07, 6.45) is 2.55. The fourth-order valence-electron chi connectivity index (χ4n) is 2.50. The molecular weight excluding hydrogens is 220 g/mol. The minimum absolute atomic E-state index is 0.00847. The number of hydrogen-bond acceptors (Lipinski definition) is 3. The average Bonchev–Trinajstić information content (AvgIpc) is 2.82. The lowest BCUT2D eigenvalue weighted by Crippen LogP contribution is -2.50. The summed E-state index contributed by atoms with van der Waals surface area (Å²) in [6.45, 7) is 4.62. The molecule has 0 saturated carbocycles. The monoisotopic (exact) mass is 242 g/mol. The number of rotatable bonds is 2. The van der Waals surface area contributed by atoms with Crippen molar-refractivity contribution in [1.29, 1.82) is 0 Å². The molecule has 0 bridgehead atoms. The van der Waals surface area contributed by atoms with Crippen molar-refractivity contribution in [2.24, 2.45) is 5.92 Å². The van der Waals surface area contributed by atoms with Crippen molar-refractivity contribution in [3.8, 4) is 0 Å². The van der Waals surface area contributed by atoms with Gasteiger partial charge < -0.3 is 20.1 Å². The second-order valence-electron chi connectivity index (χ2n) is 5.10.